The van der Waals surface area contributed by atoms with Gasteiger partial charge in [-0.3, -0.25) is 4.79 Å². The van der Waals surface area contributed by atoms with Crippen LogP contribution in [-0.2, 0) is 9.53 Å². The summed E-state index contributed by atoms with van der Waals surface area (Å²) in [5, 5.41) is 6.53. The maximum atomic E-state index is 12.5. The van der Waals surface area contributed by atoms with Crippen LogP contribution in [0.15, 0.2) is 22.5 Å². The van der Waals surface area contributed by atoms with Crippen LogP contribution in [0.5, 0.6) is 0 Å². The van der Waals surface area contributed by atoms with E-state index in [-0.39, 0.29) is 11.9 Å². The van der Waals surface area contributed by atoms with Crippen LogP contribution < -0.4 is 10.6 Å². The van der Waals surface area contributed by atoms with Gasteiger partial charge >= 0.3 is 0 Å². The fraction of sp³-hybridized carbons (Fsp3) is 0.706. The molecule has 1 aliphatic heterocycles. The second-order valence-electron chi connectivity index (χ2n) is 6.35. The van der Waals surface area contributed by atoms with Crippen molar-refractivity contribution in [2.45, 2.75) is 65.5 Å². The van der Waals surface area contributed by atoms with Crippen LogP contribution in [0, 0.1) is 0 Å². The molecule has 0 saturated heterocycles. The van der Waals surface area contributed by atoms with Gasteiger partial charge in [0.25, 0.3) is 5.91 Å². The molecule has 1 amide bonds. The minimum atomic E-state index is 0.0504. The number of carbonyl (C=O) groups is 1. The average Bonchev–Trinajstić information content (AvgIpc) is 2.43. The summed E-state index contributed by atoms with van der Waals surface area (Å²) in [6, 6.07) is 0.471. The molecular formula is C17H28N2O2. The summed E-state index contributed by atoms with van der Waals surface area (Å²) >= 11 is 0. The molecule has 0 radical (unpaired) electrons. The molecule has 118 valence electrons. The Balaban J connectivity index is 2.18. The average molecular weight is 292 g/mol. The molecule has 2 aliphatic rings. The van der Waals surface area contributed by atoms with Crippen molar-refractivity contribution in [2.75, 3.05) is 13.2 Å². The molecule has 0 aromatic rings. The fourth-order valence-corrected chi connectivity index (χ4v) is 3.00. The van der Waals surface area contributed by atoms with Crippen molar-refractivity contribution in [2.24, 2.45) is 0 Å². The molecule has 4 heteroatoms. The Labute approximate surface area is 128 Å². The molecule has 1 aliphatic carbocycles. The Hall–Kier alpha value is -1.29. The van der Waals surface area contributed by atoms with Crippen LogP contribution in [0.2, 0.25) is 0 Å². The van der Waals surface area contributed by atoms with E-state index in [1.165, 1.54) is 5.57 Å². The lowest BCUT2D eigenvalue weighted by Crippen LogP contribution is -2.40. The van der Waals surface area contributed by atoms with Crippen molar-refractivity contribution in [1.29, 1.82) is 0 Å². The third-order valence-corrected chi connectivity index (χ3v) is 4.03. The number of amides is 1. The number of carbonyl (C=O) groups excluding carboxylic acids is 1. The zero-order chi connectivity index (χ0) is 15.4. The highest BCUT2D eigenvalue weighted by Crippen LogP contribution is 2.36. The standard InChI is InChI=1S/C17H28N2O2/c1-5-8-18-13-9-14-15(21-10-13)7-6-12(4)16(14)17(20)19-11(2)3/h11,13,18H,5-10H2,1-4H3,(H,19,20). The van der Waals surface area contributed by atoms with Gasteiger partial charge in [-0.25, -0.2) is 0 Å². The molecule has 1 heterocycles. The summed E-state index contributed by atoms with van der Waals surface area (Å²) in [6.45, 7) is 9.93. The van der Waals surface area contributed by atoms with E-state index in [1.54, 1.807) is 0 Å². The lowest BCUT2D eigenvalue weighted by molar-refractivity contribution is -0.117. The van der Waals surface area contributed by atoms with E-state index in [4.69, 9.17) is 4.74 Å². The highest BCUT2D eigenvalue weighted by Gasteiger charge is 2.31. The van der Waals surface area contributed by atoms with Gasteiger partial charge in [0.1, 0.15) is 12.4 Å². The second kappa shape index (κ2) is 7.12. The Morgan fingerprint density at radius 1 is 1.38 bits per heavy atom. The molecule has 0 saturated carbocycles. The number of rotatable bonds is 5. The van der Waals surface area contributed by atoms with E-state index < -0.39 is 0 Å². The largest absolute Gasteiger partial charge is 0.496 e. The molecule has 0 aromatic heterocycles. The van der Waals surface area contributed by atoms with E-state index in [1.807, 2.05) is 13.8 Å². The molecule has 1 atom stereocenters. The van der Waals surface area contributed by atoms with E-state index in [0.29, 0.717) is 6.04 Å². The molecule has 2 rings (SSSR count). The third-order valence-electron chi connectivity index (χ3n) is 4.03. The molecule has 2 N–H and O–H groups in total. The number of allylic oxidation sites excluding steroid dienone is 2. The van der Waals surface area contributed by atoms with Gasteiger partial charge in [0.15, 0.2) is 0 Å². The molecule has 1 unspecified atom stereocenters. The summed E-state index contributed by atoms with van der Waals surface area (Å²) in [7, 11) is 0. The van der Waals surface area contributed by atoms with Crippen LogP contribution in [0.3, 0.4) is 0 Å². The van der Waals surface area contributed by atoms with Crippen LogP contribution in [0.1, 0.15) is 53.4 Å². The summed E-state index contributed by atoms with van der Waals surface area (Å²) in [6.07, 6.45) is 3.86. The zero-order valence-corrected chi connectivity index (χ0v) is 13.7. The molecule has 0 spiro atoms. The van der Waals surface area contributed by atoms with Crippen LogP contribution in [-0.4, -0.2) is 31.1 Å². The Morgan fingerprint density at radius 2 is 2.14 bits per heavy atom. The zero-order valence-electron chi connectivity index (χ0n) is 13.7. The van der Waals surface area contributed by atoms with Gasteiger partial charge in [-0.15, -0.1) is 0 Å². The number of nitrogens with one attached hydrogen (secondary N) is 2. The lowest BCUT2D eigenvalue weighted by atomic mass is 9.85. The predicted octanol–water partition coefficient (Wildman–Crippen LogP) is 2.66. The summed E-state index contributed by atoms with van der Waals surface area (Å²) in [5.41, 5.74) is 3.18. The number of hydrogen-bond donors (Lipinski definition) is 2. The smallest absolute Gasteiger partial charge is 0.251 e. The normalized spacial score (nSPS) is 22.2. The Morgan fingerprint density at radius 3 is 2.81 bits per heavy atom. The van der Waals surface area contributed by atoms with Crippen LogP contribution in [0.4, 0.5) is 0 Å². The monoisotopic (exact) mass is 292 g/mol. The summed E-state index contributed by atoms with van der Waals surface area (Å²) < 4.78 is 5.93. The van der Waals surface area contributed by atoms with Crippen LogP contribution in [0.25, 0.3) is 0 Å². The van der Waals surface area contributed by atoms with Gasteiger partial charge in [-0.1, -0.05) is 12.5 Å². The molecule has 21 heavy (non-hydrogen) atoms. The molecule has 4 nitrogen and oxygen atoms in total. The lowest BCUT2D eigenvalue weighted by Gasteiger charge is -2.33. The SMILES string of the molecule is CCCNC1COC2=C(C1)C(C(=O)NC(C)C)=C(C)CC2. The van der Waals surface area contributed by atoms with Gasteiger partial charge in [-0.2, -0.15) is 0 Å². The van der Waals surface area contributed by atoms with Gasteiger partial charge in [0.2, 0.25) is 0 Å². The highest BCUT2D eigenvalue weighted by atomic mass is 16.5. The van der Waals surface area contributed by atoms with Gasteiger partial charge in [-0.05, 0) is 46.6 Å². The fourth-order valence-electron chi connectivity index (χ4n) is 3.00. The number of hydrogen-bond acceptors (Lipinski definition) is 3. The maximum Gasteiger partial charge on any atom is 0.251 e. The van der Waals surface area contributed by atoms with Crippen molar-refractivity contribution >= 4 is 5.91 Å². The van der Waals surface area contributed by atoms with Crippen molar-refractivity contribution in [3.05, 3.63) is 22.5 Å². The summed E-state index contributed by atoms with van der Waals surface area (Å²) in [4.78, 5) is 12.5. The van der Waals surface area contributed by atoms with Crippen molar-refractivity contribution in [1.82, 2.24) is 10.6 Å². The topological polar surface area (TPSA) is 50.4 Å². The molecule has 0 aromatic carbocycles. The van der Waals surface area contributed by atoms with E-state index in [2.05, 4.69) is 24.5 Å². The quantitative estimate of drug-likeness (QED) is 0.819. The minimum Gasteiger partial charge on any atom is -0.496 e. The van der Waals surface area contributed by atoms with E-state index >= 15 is 0 Å². The van der Waals surface area contributed by atoms with Crippen molar-refractivity contribution in [3.63, 3.8) is 0 Å². The van der Waals surface area contributed by atoms with Gasteiger partial charge in [0, 0.05) is 29.7 Å². The van der Waals surface area contributed by atoms with E-state index in [0.717, 1.165) is 55.7 Å². The minimum absolute atomic E-state index is 0.0504. The summed E-state index contributed by atoms with van der Waals surface area (Å²) in [5.74, 6) is 1.08. The van der Waals surface area contributed by atoms with Gasteiger partial charge in [0.05, 0.1) is 0 Å². The Bertz CT molecular complexity index is 463. The second-order valence-corrected chi connectivity index (χ2v) is 6.35. The van der Waals surface area contributed by atoms with E-state index in [9.17, 15) is 4.79 Å². The van der Waals surface area contributed by atoms with Crippen molar-refractivity contribution < 1.29 is 9.53 Å². The molecular weight excluding hydrogens is 264 g/mol. The highest BCUT2D eigenvalue weighted by molar-refractivity contribution is 5.99. The first-order chi connectivity index (χ1) is 10.0. The number of ether oxygens (including phenoxy) is 1. The first kappa shape index (κ1) is 16.1. The first-order valence-corrected chi connectivity index (χ1v) is 8.12. The molecule has 0 fully saturated rings. The first-order valence-electron chi connectivity index (χ1n) is 8.12. The van der Waals surface area contributed by atoms with Crippen molar-refractivity contribution in [3.8, 4) is 0 Å². The molecule has 0 bridgehead atoms. The van der Waals surface area contributed by atoms with Gasteiger partial charge < -0.3 is 15.4 Å². The third kappa shape index (κ3) is 3.88. The predicted molar refractivity (Wildman–Crippen MR) is 84.9 cm³/mol. The van der Waals surface area contributed by atoms with Crippen LogP contribution >= 0.6 is 0 Å². The maximum absolute atomic E-state index is 12.5. The Kier molecular flexibility index (Phi) is 5.45.